The molecule has 0 aromatic heterocycles. The predicted octanol–water partition coefficient (Wildman–Crippen LogP) is 2.57. The highest BCUT2D eigenvalue weighted by molar-refractivity contribution is 5.93. The second-order valence-electron chi connectivity index (χ2n) is 5.02. The number of amides is 1. The number of ether oxygens (including phenoxy) is 1. The van der Waals surface area contributed by atoms with E-state index in [2.05, 4.69) is 10.6 Å². The Bertz CT molecular complexity index is 487. The van der Waals surface area contributed by atoms with Gasteiger partial charge in [-0.3, -0.25) is 4.79 Å². The maximum Gasteiger partial charge on any atom is 0.422 e. The highest BCUT2D eigenvalue weighted by Crippen LogP contribution is 2.28. The Balaban J connectivity index is 1.84. The first-order chi connectivity index (χ1) is 9.94. The minimum absolute atomic E-state index is 0.00497. The number of para-hydroxylation sites is 2. The zero-order chi connectivity index (χ0) is 15.3. The van der Waals surface area contributed by atoms with Gasteiger partial charge in [-0.05, 0) is 37.4 Å². The molecule has 0 bridgehead atoms. The van der Waals surface area contributed by atoms with Gasteiger partial charge in [-0.25, -0.2) is 0 Å². The first-order valence-electron chi connectivity index (χ1n) is 6.73. The number of hydrogen-bond acceptors (Lipinski definition) is 3. The third-order valence-corrected chi connectivity index (χ3v) is 2.97. The summed E-state index contributed by atoms with van der Waals surface area (Å²) < 4.78 is 41.2. The summed E-state index contributed by atoms with van der Waals surface area (Å²) in [4.78, 5) is 11.7. The lowest BCUT2D eigenvalue weighted by Crippen LogP contribution is -2.29. The molecule has 0 radical (unpaired) electrons. The van der Waals surface area contributed by atoms with Gasteiger partial charge in [0.05, 0.1) is 12.2 Å². The van der Waals surface area contributed by atoms with E-state index in [-0.39, 0.29) is 23.9 Å². The fraction of sp³-hybridized carbons (Fsp3) is 0.500. The van der Waals surface area contributed by atoms with Crippen LogP contribution in [0.3, 0.4) is 0 Å². The molecule has 116 valence electrons. The van der Waals surface area contributed by atoms with E-state index in [0.29, 0.717) is 5.92 Å². The minimum Gasteiger partial charge on any atom is -0.482 e. The first kappa shape index (κ1) is 15.6. The molecule has 0 aliphatic heterocycles. The molecular weight excluding hydrogens is 285 g/mol. The van der Waals surface area contributed by atoms with Crippen LogP contribution in [0.25, 0.3) is 0 Å². The third kappa shape index (κ3) is 6.03. The summed E-state index contributed by atoms with van der Waals surface area (Å²) in [5.41, 5.74) is 0.236. The van der Waals surface area contributed by atoms with E-state index in [4.69, 9.17) is 4.74 Å². The fourth-order valence-corrected chi connectivity index (χ4v) is 1.76. The van der Waals surface area contributed by atoms with Crippen molar-refractivity contribution in [3.05, 3.63) is 24.3 Å². The molecule has 1 aromatic carbocycles. The zero-order valence-electron chi connectivity index (χ0n) is 11.4. The smallest absolute Gasteiger partial charge is 0.422 e. The number of rotatable bonds is 7. The molecule has 1 saturated carbocycles. The Morgan fingerprint density at radius 2 is 2.00 bits per heavy atom. The molecule has 0 saturated heterocycles. The quantitative estimate of drug-likeness (QED) is 0.814. The molecular formula is C14H17F3N2O2. The molecule has 7 heteroatoms. The summed E-state index contributed by atoms with van der Waals surface area (Å²) in [6.07, 6.45) is -2.05. The van der Waals surface area contributed by atoms with Gasteiger partial charge in [0.1, 0.15) is 5.75 Å². The Kier molecular flexibility index (Phi) is 5.06. The van der Waals surface area contributed by atoms with Gasteiger partial charge in [0.15, 0.2) is 6.61 Å². The summed E-state index contributed by atoms with van der Waals surface area (Å²) in [5, 5.41) is 5.56. The number of hydrogen-bond donors (Lipinski definition) is 2. The SMILES string of the molecule is O=C(CNCC1CC1)Nc1ccccc1OCC(F)(F)F. The Morgan fingerprint density at radius 3 is 2.67 bits per heavy atom. The predicted molar refractivity (Wildman–Crippen MR) is 72.2 cm³/mol. The Morgan fingerprint density at radius 1 is 1.29 bits per heavy atom. The van der Waals surface area contributed by atoms with Crippen LogP contribution < -0.4 is 15.4 Å². The van der Waals surface area contributed by atoms with Gasteiger partial charge in [0, 0.05) is 0 Å². The van der Waals surface area contributed by atoms with E-state index in [9.17, 15) is 18.0 Å². The summed E-state index contributed by atoms with van der Waals surface area (Å²) >= 11 is 0. The average Bonchev–Trinajstić information content (AvgIpc) is 3.21. The second-order valence-corrected chi connectivity index (χ2v) is 5.02. The van der Waals surface area contributed by atoms with E-state index in [1.165, 1.54) is 25.0 Å². The molecule has 1 aliphatic carbocycles. The maximum absolute atomic E-state index is 12.2. The van der Waals surface area contributed by atoms with Gasteiger partial charge >= 0.3 is 6.18 Å². The van der Waals surface area contributed by atoms with Crippen molar-refractivity contribution in [3.63, 3.8) is 0 Å². The molecule has 0 heterocycles. The van der Waals surface area contributed by atoms with E-state index < -0.39 is 12.8 Å². The van der Waals surface area contributed by atoms with Crippen molar-refractivity contribution in [2.45, 2.75) is 19.0 Å². The second kappa shape index (κ2) is 6.80. The number of alkyl halides is 3. The van der Waals surface area contributed by atoms with Gasteiger partial charge < -0.3 is 15.4 Å². The molecule has 4 nitrogen and oxygen atoms in total. The summed E-state index contributed by atoms with van der Waals surface area (Å²) in [6.45, 7) is -0.469. The van der Waals surface area contributed by atoms with Gasteiger partial charge in [-0.2, -0.15) is 13.2 Å². The van der Waals surface area contributed by atoms with Crippen LogP contribution in [-0.4, -0.2) is 31.8 Å². The maximum atomic E-state index is 12.2. The topological polar surface area (TPSA) is 50.4 Å². The standard InChI is InChI=1S/C14H17F3N2O2/c15-14(16,17)9-21-12-4-2-1-3-11(12)19-13(20)8-18-7-10-5-6-10/h1-4,10,18H,5-9H2,(H,19,20). The number of carbonyl (C=O) groups excluding carboxylic acids is 1. The number of carbonyl (C=O) groups is 1. The van der Waals surface area contributed by atoms with E-state index >= 15 is 0 Å². The van der Waals surface area contributed by atoms with E-state index in [1.807, 2.05) is 0 Å². The molecule has 0 unspecified atom stereocenters. The highest BCUT2D eigenvalue weighted by atomic mass is 19.4. The minimum atomic E-state index is -4.41. The van der Waals surface area contributed by atoms with Gasteiger partial charge in [-0.15, -0.1) is 0 Å². The number of halogens is 3. The number of anilines is 1. The molecule has 0 spiro atoms. The van der Waals surface area contributed by atoms with Crippen molar-refractivity contribution >= 4 is 11.6 Å². The van der Waals surface area contributed by atoms with Crippen LogP contribution in [0.5, 0.6) is 5.75 Å². The van der Waals surface area contributed by atoms with Crippen LogP contribution in [0.15, 0.2) is 24.3 Å². The molecule has 1 amide bonds. The summed E-state index contributed by atoms with van der Waals surface area (Å²) in [7, 11) is 0. The largest absolute Gasteiger partial charge is 0.482 e. The van der Waals surface area contributed by atoms with Crippen molar-refractivity contribution in [2.24, 2.45) is 5.92 Å². The first-order valence-corrected chi connectivity index (χ1v) is 6.73. The normalized spacial score (nSPS) is 14.8. The molecule has 1 aromatic rings. The lowest BCUT2D eigenvalue weighted by molar-refractivity contribution is -0.153. The molecule has 1 fully saturated rings. The Hall–Kier alpha value is -1.76. The van der Waals surface area contributed by atoms with Gasteiger partial charge in [0.25, 0.3) is 0 Å². The van der Waals surface area contributed by atoms with Crippen LogP contribution >= 0.6 is 0 Å². The van der Waals surface area contributed by atoms with Crippen molar-refractivity contribution < 1.29 is 22.7 Å². The van der Waals surface area contributed by atoms with Crippen LogP contribution in [0.1, 0.15) is 12.8 Å². The van der Waals surface area contributed by atoms with Crippen LogP contribution in [0.4, 0.5) is 18.9 Å². The van der Waals surface area contributed by atoms with Crippen LogP contribution in [0, 0.1) is 5.92 Å². The molecule has 0 atom stereocenters. The molecule has 21 heavy (non-hydrogen) atoms. The fourth-order valence-electron chi connectivity index (χ4n) is 1.76. The highest BCUT2D eigenvalue weighted by Gasteiger charge is 2.28. The third-order valence-electron chi connectivity index (χ3n) is 2.97. The lowest BCUT2D eigenvalue weighted by Gasteiger charge is -2.14. The van der Waals surface area contributed by atoms with Crippen LogP contribution in [0.2, 0.25) is 0 Å². The van der Waals surface area contributed by atoms with E-state index in [0.717, 1.165) is 6.54 Å². The molecule has 2 N–H and O–H groups in total. The molecule has 1 aliphatic rings. The lowest BCUT2D eigenvalue weighted by atomic mass is 10.3. The Labute approximate surface area is 120 Å². The van der Waals surface area contributed by atoms with Crippen molar-refractivity contribution in [2.75, 3.05) is 25.0 Å². The average molecular weight is 302 g/mol. The zero-order valence-corrected chi connectivity index (χ0v) is 11.4. The van der Waals surface area contributed by atoms with Crippen molar-refractivity contribution in [1.29, 1.82) is 0 Å². The summed E-state index contributed by atoms with van der Waals surface area (Å²) in [5.74, 6) is 0.351. The summed E-state index contributed by atoms with van der Waals surface area (Å²) in [6, 6.07) is 6.06. The monoisotopic (exact) mass is 302 g/mol. The number of benzene rings is 1. The van der Waals surface area contributed by atoms with Gasteiger partial charge in [0.2, 0.25) is 5.91 Å². The van der Waals surface area contributed by atoms with Crippen molar-refractivity contribution in [1.82, 2.24) is 5.32 Å². The van der Waals surface area contributed by atoms with Gasteiger partial charge in [-0.1, -0.05) is 12.1 Å². The number of nitrogens with one attached hydrogen (secondary N) is 2. The molecule has 2 rings (SSSR count). The van der Waals surface area contributed by atoms with E-state index in [1.54, 1.807) is 12.1 Å². The van der Waals surface area contributed by atoms with Crippen LogP contribution in [-0.2, 0) is 4.79 Å². The van der Waals surface area contributed by atoms with Crippen molar-refractivity contribution in [3.8, 4) is 5.75 Å².